The van der Waals surface area contributed by atoms with Crippen molar-refractivity contribution in [3.05, 3.63) is 114 Å². The lowest BCUT2D eigenvalue weighted by atomic mass is 9.98. The Balaban J connectivity index is 1.14. The minimum atomic E-state index is -0.201. The lowest BCUT2D eigenvalue weighted by Crippen LogP contribution is -2.44. The van der Waals surface area contributed by atoms with E-state index in [1.165, 1.54) is 12.0 Å². The first-order chi connectivity index (χ1) is 21.9. The molecule has 0 atom stereocenters. The molecule has 0 aromatic heterocycles. The van der Waals surface area contributed by atoms with Crippen LogP contribution in [0.4, 0.5) is 11.4 Å². The molecule has 0 aliphatic carbocycles. The number of anilines is 2. The van der Waals surface area contributed by atoms with Crippen molar-refractivity contribution in [1.29, 1.82) is 0 Å². The van der Waals surface area contributed by atoms with Crippen molar-refractivity contribution >= 4 is 23.2 Å². The fourth-order valence-electron chi connectivity index (χ4n) is 5.59. The third kappa shape index (κ3) is 8.59. The number of hydrogen-bond acceptors (Lipinski definition) is 5. The molecule has 1 fully saturated rings. The van der Waals surface area contributed by atoms with Gasteiger partial charge in [0.25, 0.3) is 11.8 Å². The fraction of sp³-hybridized carbons (Fsp3) is 0.316. The van der Waals surface area contributed by atoms with Crippen molar-refractivity contribution in [3.8, 4) is 16.9 Å². The summed E-state index contributed by atoms with van der Waals surface area (Å²) in [6.45, 7) is 8.41. The van der Waals surface area contributed by atoms with Crippen LogP contribution in [0.15, 0.2) is 97.1 Å². The zero-order chi connectivity index (χ0) is 31.6. The van der Waals surface area contributed by atoms with Crippen LogP contribution in [0.5, 0.6) is 5.75 Å². The highest BCUT2D eigenvalue weighted by Crippen LogP contribution is 2.29. The Morgan fingerprint density at radius 1 is 0.800 bits per heavy atom. The molecule has 0 saturated carbocycles. The Morgan fingerprint density at radius 3 is 2.24 bits per heavy atom. The van der Waals surface area contributed by atoms with Crippen molar-refractivity contribution in [3.63, 3.8) is 0 Å². The minimum absolute atomic E-state index is 0.152. The smallest absolute Gasteiger partial charge is 0.258 e. The van der Waals surface area contributed by atoms with Crippen LogP contribution in [0.25, 0.3) is 11.1 Å². The first kappa shape index (κ1) is 31.9. The van der Waals surface area contributed by atoms with E-state index >= 15 is 0 Å². The maximum absolute atomic E-state index is 13.4. The van der Waals surface area contributed by atoms with Crippen molar-refractivity contribution in [2.45, 2.75) is 26.2 Å². The predicted octanol–water partition coefficient (Wildman–Crippen LogP) is 6.99. The molecule has 1 saturated heterocycles. The summed E-state index contributed by atoms with van der Waals surface area (Å²) >= 11 is 0. The summed E-state index contributed by atoms with van der Waals surface area (Å²) in [7, 11) is 3.95. The first-order valence-corrected chi connectivity index (χ1v) is 15.9. The SMILES string of the molecule is Cc1ccc(-c2ccccc2C(=O)Nc2ccc(C(=O)N(C)c3ccccc3OCCCCCN3CCN(C)CC3)cc2)cc1. The molecule has 5 rings (SSSR count). The topological polar surface area (TPSA) is 65.1 Å². The van der Waals surface area contributed by atoms with Gasteiger partial charge in [-0.2, -0.15) is 0 Å². The molecule has 1 heterocycles. The summed E-state index contributed by atoms with van der Waals surface area (Å²) in [5.41, 5.74) is 5.48. The van der Waals surface area contributed by atoms with Gasteiger partial charge in [0.15, 0.2) is 0 Å². The van der Waals surface area contributed by atoms with E-state index < -0.39 is 0 Å². The Kier molecular flexibility index (Phi) is 11.0. The number of nitrogens with one attached hydrogen (secondary N) is 1. The van der Waals surface area contributed by atoms with Gasteiger partial charge in [0.1, 0.15) is 5.75 Å². The standard InChI is InChI=1S/C38H44N4O3/c1-29-15-17-30(18-16-29)33-11-5-6-12-34(33)37(43)39-32-21-19-31(20-22-32)38(44)41(3)35-13-7-8-14-36(35)45-28-10-4-9-23-42-26-24-40(2)25-27-42/h5-8,11-22H,4,9-10,23-28H2,1-3H3,(H,39,43). The van der Waals surface area contributed by atoms with E-state index in [-0.39, 0.29) is 11.8 Å². The molecule has 0 bridgehead atoms. The van der Waals surface area contributed by atoms with Crippen LogP contribution < -0.4 is 15.0 Å². The highest BCUT2D eigenvalue weighted by atomic mass is 16.5. The molecule has 4 aromatic carbocycles. The van der Waals surface area contributed by atoms with Crippen LogP contribution in [0, 0.1) is 6.92 Å². The van der Waals surface area contributed by atoms with Gasteiger partial charge in [-0.3, -0.25) is 9.59 Å². The van der Waals surface area contributed by atoms with Crippen LogP contribution in [0.3, 0.4) is 0 Å². The number of likely N-dealkylation sites (N-methyl/N-ethyl adjacent to an activating group) is 1. The summed E-state index contributed by atoms with van der Waals surface area (Å²) in [6, 6.07) is 30.4. The van der Waals surface area contributed by atoms with Gasteiger partial charge in [-0.1, -0.05) is 60.2 Å². The Bertz CT molecular complexity index is 1560. The molecule has 7 nitrogen and oxygen atoms in total. The number of benzene rings is 4. The maximum atomic E-state index is 13.4. The zero-order valence-electron chi connectivity index (χ0n) is 26.7. The number of unbranched alkanes of at least 4 members (excludes halogenated alkanes) is 2. The number of hydrogen-bond donors (Lipinski definition) is 1. The summed E-state index contributed by atoms with van der Waals surface area (Å²) < 4.78 is 6.14. The molecule has 1 aliphatic heterocycles. The lowest BCUT2D eigenvalue weighted by molar-refractivity contribution is 0.0990. The summed E-state index contributed by atoms with van der Waals surface area (Å²) in [4.78, 5) is 33.2. The molecule has 0 unspecified atom stereocenters. The quantitative estimate of drug-likeness (QED) is 0.177. The number of amides is 2. The maximum Gasteiger partial charge on any atom is 0.258 e. The molecule has 45 heavy (non-hydrogen) atoms. The van der Waals surface area contributed by atoms with Crippen molar-refractivity contribution in [2.75, 3.05) is 63.6 Å². The highest BCUT2D eigenvalue weighted by molar-refractivity contribution is 6.09. The average Bonchev–Trinajstić information content (AvgIpc) is 3.07. The fourth-order valence-corrected chi connectivity index (χ4v) is 5.59. The number of ether oxygens (including phenoxy) is 1. The van der Waals surface area contributed by atoms with Gasteiger partial charge in [-0.25, -0.2) is 0 Å². The second-order valence-electron chi connectivity index (χ2n) is 11.8. The van der Waals surface area contributed by atoms with Crippen molar-refractivity contribution in [2.24, 2.45) is 0 Å². The lowest BCUT2D eigenvalue weighted by Gasteiger charge is -2.32. The van der Waals surface area contributed by atoms with Gasteiger partial charge in [-0.15, -0.1) is 0 Å². The normalized spacial score (nSPS) is 13.8. The van der Waals surface area contributed by atoms with E-state index in [1.807, 2.05) is 79.7 Å². The van der Waals surface area contributed by atoms with Gasteiger partial charge in [0.2, 0.25) is 0 Å². The molecular formula is C38H44N4O3. The van der Waals surface area contributed by atoms with Gasteiger partial charge in [0, 0.05) is 50.0 Å². The van der Waals surface area contributed by atoms with E-state index in [9.17, 15) is 9.59 Å². The van der Waals surface area contributed by atoms with Gasteiger partial charge >= 0.3 is 0 Å². The highest BCUT2D eigenvalue weighted by Gasteiger charge is 2.18. The predicted molar refractivity (Wildman–Crippen MR) is 183 cm³/mol. The molecule has 0 radical (unpaired) electrons. The Hall–Kier alpha value is -4.46. The molecule has 1 N–H and O–H groups in total. The van der Waals surface area contributed by atoms with E-state index in [4.69, 9.17) is 4.74 Å². The monoisotopic (exact) mass is 604 g/mol. The Morgan fingerprint density at radius 2 is 1.49 bits per heavy atom. The van der Waals surface area contributed by atoms with Gasteiger partial charge in [-0.05, 0) is 93.4 Å². The molecular weight excluding hydrogens is 560 g/mol. The number of aryl methyl sites for hydroxylation is 1. The molecule has 2 amide bonds. The van der Waals surface area contributed by atoms with Crippen LogP contribution in [-0.2, 0) is 0 Å². The number of carbonyl (C=O) groups is 2. The summed E-state index contributed by atoms with van der Waals surface area (Å²) in [5.74, 6) is 0.345. The molecule has 0 spiro atoms. The van der Waals surface area contributed by atoms with E-state index in [0.717, 1.165) is 62.4 Å². The summed E-state index contributed by atoms with van der Waals surface area (Å²) in [5, 5.41) is 2.99. The van der Waals surface area contributed by atoms with Gasteiger partial charge in [0.05, 0.1) is 12.3 Å². The van der Waals surface area contributed by atoms with E-state index in [2.05, 4.69) is 22.2 Å². The number of rotatable bonds is 12. The number of carbonyl (C=O) groups excluding carboxylic acids is 2. The number of para-hydroxylation sites is 2. The van der Waals surface area contributed by atoms with Crippen molar-refractivity contribution < 1.29 is 14.3 Å². The van der Waals surface area contributed by atoms with E-state index in [0.29, 0.717) is 29.2 Å². The molecule has 234 valence electrons. The molecule has 1 aliphatic rings. The number of piperazine rings is 1. The Labute approximate surface area is 267 Å². The number of nitrogens with zero attached hydrogens (tertiary/aromatic N) is 3. The minimum Gasteiger partial charge on any atom is -0.491 e. The van der Waals surface area contributed by atoms with Crippen LogP contribution in [-0.4, -0.2) is 75.0 Å². The van der Waals surface area contributed by atoms with Gasteiger partial charge < -0.3 is 24.8 Å². The molecule has 4 aromatic rings. The zero-order valence-corrected chi connectivity index (χ0v) is 26.7. The van der Waals surface area contributed by atoms with Crippen LogP contribution in [0.2, 0.25) is 0 Å². The van der Waals surface area contributed by atoms with Crippen molar-refractivity contribution in [1.82, 2.24) is 9.80 Å². The first-order valence-electron chi connectivity index (χ1n) is 15.9. The second kappa shape index (κ2) is 15.5. The largest absolute Gasteiger partial charge is 0.491 e. The third-order valence-corrected chi connectivity index (χ3v) is 8.43. The van der Waals surface area contributed by atoms with E-state index in [1.54, 1.807) is 36.2 Å². The second-order valence-corrected chi connectivity index (χ2v) is 11.8. The average molecular weight is 605 g/mol. The summed E-state index contributed by atoms with van der Waals surface area (Å²) in [6.07, 6.45) is 3.26. The third-order valence-electron chi connectivity index (χ3n) is 8.43. The van der Waals surface area contributed by atoms with Crippen LogP contribution in [0.1, 0.15) is 45.5 Å². The molecule has 7 heteroatoms. The van der Waals surface area contributed by atoms with Crippen LogP contribution >= 0.6 is 0 Å².